The Morgan fingerprint density at radius 1 is 0.787 bits per heavy atom. The Hall–Kier alpha value is -7.88. The SMILES string of the molecule is CCCCN(CCCC)c1ccc(C=C2Cc3ccccc3C2=CC2=[N+](C)c3ccc(OC=O)cc3C2(C)C)cc1.CCCC[n+]1c(C=C2NC(=O)C(c3ccc(N(C)C)cc3)=C2C#N)sc2cc(OC=O)ccc21. The Labute approximate surface area is 446 Å². The van der Waals surface area contributed by atoms with E-state index in [4.69, 9.17) is 9.47 Å². The molecule has 11 nitrogen and oxygen atoms in total. The number of carbonyl (C=O) groups is 3. The van der Waals surface area contributed by atoms with E-state index in [9.17, 15) is 19.6 Å². The van der Waals surface area contributed by atoms with E-state index in [0.717, 1.165) is 71.1 Å². The van der Waals surface area contributed by atoms with Crippen LogP contribution in [-0.2, 0) is 32.8 Å². The molecule has 1 aromatic heterocycles. The molecule has 12 heteroatoms. The van der Waals surface area contributed by atoms with E-state index >= 15 is 0 Å². The highest BCUT2D eigenvalue weighted by atomic mass is 32.1. The fourth-order valence-electron chi connectivity index (χ4n) is 10.2. The third-order valence-corrected chi connectivity index (χ3v) is 15.4. The van der Waals surface area contributed by atoms with Crippen molar-refractivity contribution in [1.29, 1.82) is 5.26 Å². The van der Waals surface area contributed by atoms with E-state index in [1.807, 2.05) is 79.7 Å². The van der Waals surface area contributed by atoms with Gasteiger partial charge in [-0.2, -0.15) is 14.4 Å². The van der Waals surface area contributed by atoms with Gasteiger partial charge in [0.15, 0.2) is 12.3 Å². The number of benzene rings is 5. The number of allylic oxidation sites excluding steroid dienone is 4. The predicted molar refractivity (Wildman–Crippen MR) is 305 cm³/mol. The molecule has 0 saturated heterocycles. The molecule has 9 rings (SSSR count). The van der Waals surface area contributed by atoms with Crippen molar-refractivity contribution in [2.45, 2.75) is 91.5 Å². The number of amides is 1. The number of anilines is 2. The monoisotopic (exact) mass is 1020 g/mol. The van der Waals surface area contributed by atoms with E-state index < -0.39 is 0 Å². The first-order valence-electron chi connectivity index (χ1n) is 26.1. The maximum absolute atomic E-state index is 12.9. The number of ether oxygens (including phenoxy) is 2. The average molecular weight is 1020 g/mol. The van der Waals surface area contributed by atoms with Crippen LogP contribution >= 0.6 is 11.3 Å². The Kier molecular flexibility index (Phi) is 17.1. The van der Waals surface area contributed by atoms with E-state index in [-0.39, 0.29) is 11.3 Å². The molecule has 75 heavy (non-hydrogen) atoms. The summed E-state index contributed by atoms with van der Waals surface area (Å²) in [4.78, 5) is 39.1. The fraction of sp³-hybridized carbons (Fsp3) is 0.302. The van der Waals surface area contributed by atoms with Crippen LogP contribution in [0.5, 0.6) is 11.5 Å². The van der Waals surface area contributed by atoms with Crippen LogP contribution in [-0.4, -0.2) is 63.4 Å². The number of carbonyl (C=O) groups excluding carboxylic acids is 3. The van der Waals surface area contributed by atoms with Crippen molar-refractivity contribution in [3.05, 3.63) is 165 Å². The van der Waals surface area contributed by atoms with Crippen LogP contribution in [0.1, 0.15) is 106 Å². The van der Waals surface area contributed by atoms with Crippen LogP contribution in [0.15, 0.2) is 132 Å². The number of hydrogen-bond donors (Lipinski definition) is 1. The zero-order chi connectivity index (χ0) is 53.2. The van der Waals surface area contributed by atoms with Gasteiger partial charge in [-0.05, 0) is 109 Å². The van der Waals surface area contributed by atoms with Crippen LogP contribution in [0.2, 0.25) is 0 Å². The quantitative estimate of drug-likeness (QED) is 0.0629. The Balaban J connectivity index is 0.000000203. The molecule has 0 spiro atoms. The molecule has 3 heterocycles. The molecule has 6 aromatic rings. The van der Waals surface area contributed by atoms with E-state index in [0.29, 0.717) is 46.9 Å². The van der Waals surface area contributed by atoms with E-state index in [1.165, 1.54) is 76.3 Å². The molecular weight excluding hydrogens is 953 g/mol. The number of nitriles is 1. The average Bonchev–Trinajstić information content (AvgIpc) is 4.12. The second kappa shape index (κ2) is 24.0. The Morgan fingerprint density at radius 2 is 1.44 bits per heavy atom. The second-order valence-electron chi connectivity index (χ2n) is 19.9. The molecule has 1 N–H and O–H groups in total. The minimum atomic E-state index is -0.289. The van der Waals surface area contributed by atoms with Gasteiger partial charge < -0.3 is 24.6 Å². The van der Waals surface area contributed by atoms with Gasteiger partial charge >= 0.3 is 0 Å². The highest BCUT2D eigenvalue weighted by Gasteiger charge is 2.44. The minimum Gasteiger partial charge on any atom is -0.429 e. The summed E-state index contributed by atoms with van der Waals surface area (Å²) in [7, 11) is 6.03. The molecule has 0 atom stereocenters. The number of hydrogen-bond acceptors (Lipinski definition) is 9. The van der Waals surface area contributed by atoms with Crippen molar-refractivity contribution in [3.8, 4) is 17.6 Å². The molecule has 0 bridgehead atoms. The van der Waals surface area contributed by atoms with Crippen molar-refractivity contribution in [2.75, 3.05) is 44.0 Å². The molecule has 0 radical (unpaired) electrons. The second-order valence-corrected chi connectivity index (χ2v) is 21.0. The van der Waals surface area contributed by atoms with Crippen molar-refractivity contribution in [2.24, 2.45) is 0 Å². The molecule has 0 saturated carbocycles. The van der Waals surface area contributed by atoms with Crippen LogP contribution in [0.3, 0.4) is 0 Å². The molecule has 1 amide bonds. The molecule has 5 aromatic carbocycles. The van der Waals surface area contributed by atoms with Gasteiger partial charge in [0, 0.05) is 80.9 Å². The number of nitrogens with zero attached hydrogens (tertiary/aromatic N) is 5. The molecule has 1 aliphatic carbocycles. The summed E-state index contributed by atoms with van der Waals surface area (Å²) in [5.41, 5.74) is 15.0. The highest BCUT2D eigenvalue weighted by molar-refractivity contribution is 7.18. The van der Waals surface area contributed by atoms with Gasteiger partial charge in [-0.3, -0.25) is 14.4 Å². The zero-order valence-corrected chi connectivity index (χ0v) is 45.4. The number of nitrogens with one attached hydrogen (secondary N) is 1. The minimum absolute atomic E-state index is 0.246. The fourth-order valence-corrected chi connectivity index (χ4v) is 11.4. The first-order chi connectivity index (χ1) is 36.3. The summed E-state index contributed by atoms with van der Waals surface area (Å²) >= 11 is 1.52. The van der Waals surface area contributed by atoms with Gasteiger partial charge in [-0.25, -0.2) is 0 Å². The summed E-state index contributed by atoms with van der Waals surface area (Å²) in [6.07, 6.45) is 14.4. The zero-order valence-electron chi connectivity index (χ0n) is 44.5. The third-order valence-electron chi connectivity index (χ3n) is 14.3. The van der Waals surface area contributed by atoms with Gasteiger partial charge in [-0.15, -0.1) is 0 Å². The maximum Gasteiger partial charge on any atom is 0.298 e. The lowest BCUT2D eigenvalue weighted by atomic mass is 9.80. The van der Waals surface area contributed by atoms with Crippen molar-refractivity contribution in [1.82, 2.24) is 5.32 Å². The molecule has 2 aliphatic heterocycles. The van der Waals surface area contributed by atoms with Crippen molar-refractivity contribution < 1.29 is 33.0 Å². The van der Waals surface area contributed by atoms with E-state index in [1.54, 1.807) is 6.07 Å². The summed E-state index contributed by atoms with van der Waals surface area (Å²) in [5, 5.41) is 13.7. The first kappa shape index (κ1) is 53.4. The van der Waals surface area contributed by atoms with Gasteiger partial charge in [0.05, 0.1) is 22.3 Å². The Morgan fingerprint density at radius 3 is 2.09 bits per heavy atom. The lowest BCUT2D eigenvalue weighted by molar-refractivity contribution is -0.669. The lowest BCUT2D eigenvalue weighted by Crippen LogP contribution is -2.35. The smallest absolute Gasteiger partial charge is 0.298 e. The first-order valence-corrected chi connectivity index (χ1v) is 26.9. The summed E-state index contributed by atoms with van der Waals surface area (Å²) < 4.78 is 15.6. The number of unbranched alkanes of at least 4 members (excludes halogenated alkanes) is 3. The molecular formula is C63H68N6O5S+2. The van der Waals surface area contributed by atoms with Crippen LogP contribution in [0.4, 0.5) is 17.1 Å². The maximum atomic E-state index is 12.9. The number of fused-ring (bicyclic) bond motifs is 3. The van der Waals surface area contributed by atoms with Crippen LogP contribution in [0, 0.1) is 11.3 Å². The van der Waals surface area contributed by atoms with Crippen LogP contribution in [0.25, 0.3) is 33.5 Å². The topological polar surface area (TPSA) is 119 Å². The molecule has 0 unspecified atom stereocenters. The van der Waals surface area contributed by atoms with Gasteiger partial charge in [0.1, 0.15) is 29.3 Å². The molecule has 0 fully saturated rings. The van der Waals surface area contributed by atoms with Gasteiger partial charge in [0.25, 0.3) is 23.9 Å². The van der Waals surface area contributed by atoms with Gasteiger partial charge in [0.2, 0.25) is 11.2 Å². The summed E-state index contributed by atoms with van der Waals surface area (Å²) in [5.74, 6) is 0.761. The van der Waals surface area contributed by atoms with Crippen LogP contribution < -0.4 is 29.2 Å². The molecule has 3 aliphatic rings. The number of aryl methyl sites for hydroxylation is 1. The highest BCUT2D eigenvalue weighted by Crippen LogP contribution is 2.45. The predicted octanol–water partition coefficient (Wildman–Crippen LogP) is 12.4. The third kappa shape index (κ3) is 11.6. The molecule has 384 valence electrons. The number of aromatic nitrogens is 1. The standard InChI is InChI=1S/C37H43N2O2.C26H24N4O3S/c1-6-8-20-39(21-9-7-2)30-16-14-27(15-17-30)22-29-23-28-12-10-11-13-32(28)33(29)25-36-37(3,4)34-24-31(41-26-40)18-19-35(34)38(36)5;1-4-5-12-30-22-11-10-19(33-16-31)13-23(22)34-24(30)14-21-20(15-27)25(26(32)28-21)17-6-8-18(9-7-17)29(2)3/h10-19,22,24-26H,6-9,20-21,23H2,1-5H3;6-11,13-14,16H,4-5,12H2,1-3H3/q+1;/p+1. The van der Waals surface area contributed by atoms with E-state index in [2.05, 4.69) is 128 Å². The number of rotatable bonds is 19. The van der Waals surface area contributed by atoms with Gasteiger partial charge in [-0.1, -0.05) is 106 Å². The van der Waals surface area contributed by atoms with Crippen molar-refractivity contribution >= 4 is 86.5 Å². The van der Waals surface area contributed by atoms with Crippen molar-refractivity contribution in [3.63, 3.8) is 0 Å². The Bertz CT molecular complexity index is 3310. The number of thiazole rings is 1. The summed E-state index contributed by atoms with van der Waals surface area (Å²) in [6.45, 7) is 15.1. The summed E-state index contributed by atoms with van der Waals surface area (Å²) in [6, 6.07) is 39.1. The normalized spacial score (nSPS) is 15.9. The largest absolute Gasteiger partial charge is 0.429 e. The lowest BCUT2D eigenvalue weighted by Gasteiger charge is -2.24.